The number of benzene rings is 2. The van der Waals surface area contributed by atoms with Crippen LogP contribution < -0.4 is 20.1 Å². The average Bonchev–Trinajstić information content (AvgIpc) is 3.20. The standard InChI is InChI=1S/C21H17Cl2N3O3S2/c1-28-17-7-4-13(9-18(17)29-2)16-11-31-21(24-16)26-20(30)25-19(27)8-5-12-3-6-14(22)10-15(12)23/h3-11H,1-2H3,(H2,24,25,26,27,30)/b8-5+. The number of halogens is 2. The van der Waals surface area contributed by atoms with Gasteiger partial charge in [-0.25, -0.2) is 4.98 Å². The summed E-state index contributed by atoms with van der Waals surface area (Å²) in [4.78, 5) is 16.6. The first-order valence-corrected chi connectivity index (χ1v) is 10.9. The van der Waals surface area contributed by atoms with Gasteiger partial charge in [0.05, 0.1) is 19.9 Å². The van der Waals surface area contributed by atoms with Gasteiger partial charge in [0.15, 0.2) is 21.7 Å². The zero-order valence-corrected chi connectivity index (χ0v) is 19.6. The van der Waals surface area contributed by atoms with E-state index in [0.29, 0.717) is 32.2 Å². The second kappa shape index (κ2) is 10.6. The number of ether oxygens (including phenoxy) is 2. The van der Waals surface area contributed by atoms with Crippen molar-refractivity contribution in [2.24, 2.45) is 0 Å². The second-order valence-electron chi connectivity index (χ2n) is 6.05. The number of hydrogen-bond donors (Lipinski definition) is 2. The van der Waals surface area contributed by atoms with Crippen LogP contribution in [0.4, 0.5) is 5.13 Å². The van der Waals surface area contributed by atoms with Gasteiger partial charge in [-0.3, -0.25) is 10.1 Å². The van der Waals surface area contributed by atoms with Gasteiger partial charge in [-0.05, 0) is 54.2 Å². The molecule has 2 N–H and O–H groups in total. The Bertz CT molecular complexity index is 1150. The van der Waals surface area contributed by atoms with Gasteiger partial charge in [0.25, 0.3) is 0 Å². The summed E-state index contributed by atoms with van der Waals surface area (Å²) in [5.41, 5.74) is 2.26. The number of methoxy groups -OCH3 is 2. The van der Waals surface area contributed by atoms with Crippen molar-refractivity contribution in [3.05, 3.63) is 63.5 Å². The van der Waals surface area contributed by atoms with Crippen molar-refractivity contribution in [3.8, 4) is 22.8 Å². The first-order chi connectivity index (χ1) is 14.9. The summed E-state index contributed by atoms with van der Waals surface area (Å²) in [6.45, 7) is 0. The van der Waals surface area contributed by atoms with E-state index in [0.717, 1.165) is 11.3 Å². The van der Waals surface area contributed by atoms with Crippen molar-refractivity contribution in [2.75, 3.05) is 19.5 Å². The van der Waals surface area contributed by atoms with Gasteiger partial charge in [0, 0.05) is 27.1 Å². The third-order valence-electron chi connectivity index (χ3n) is 4.02. The van der Waals surface area contributed by atoms with Gasteiger partial charge >= 0.3 is 0 Å². The van der Waals surface area contributed by atoms with Crippen molar-refractivity contribution in [1.29, 1.82) is 0 Å². The Balaban J connectivity index is 1.61. The van der Waals surface area contributed by atoms with E-state index in [1.165, 1.54) is 17.4 Å². The van der Waals surface area contributed by atoms with Gasteiger partial charge in [-0.1, -0.05) is 29.3 Å². The molecule has 1 aromatic heterocycles. The highest BCUT2D eigenvalue weighted by atomic mass is 35.5. The van der Waals surface area contributed by atoms with Crippen LogP contribution in [-0.4, -0.2) is 30.2 Å². The molecule has 10 heteroatoms. The third-order valence-corrected chi connectivity index (χ3v) is 5.54. The molecule has 0 saturated heterocycles. The van der Waals surface area contributed by atoms with E-state index in [4.69, 9.17) is 44.9 Å². The minimum absolute atomic E-state index is 0.130. The number of carbonyl (C=O) groups is 1. The highest BCUT2D eigenvalue weighted by Gasteiger charge is 2.11. The SMILES string of the molecule is COc1ccc(-c2csc(NC(=S)NC(=O)/C=C/c3ccc(Cl)cc3Cl)n2)cc1OC. The fourth-order valence-electron chi connectivity index (χ4n) is 2.54. The number of anilines is 1. The lowest BCUT2D eigenvalue weighted by molar-refractivity contribution is -0.115. The smallest absolute Gasteiger partial charge is 0.250 e. The Labute approximate surface area is 198 Å². The highest BCUT2D eigenvalue weighted by molar-refractivity contribution is 7.80. The monoisotopic (exact) mass is 493 g/mol. The zero-order valence-electron chi connectivity index (χ0n) is 16.4. The van der Waals surface area contributed by atoms with E-state index in [-0.39, 0.29) is 5.11 Å². The van der Waals surface area contributed by atoms with Crippen LogP contribution in [0.15, 0.2) is 47.9 Å². The number of aromatic nitrogens is 1. The van der Waals surface area contributed by atoms with Gasteiger partial charge in [0.2, 0.25) is 5.91 Å². The lowest BCUT2D eigenvalue weighted by Gasteiger charge is -2.08. The van der Waals surface area contributed by atoms with E-state index in [1.807, 2.05) is 23.6 Å². The summed E-state index contributed by atoms with van der Waals surface area (Å²) < 4.78 is 10.6. The maximum absolute atomic E-state index is 12.1. The van der Waals surface area contributed by atoms with Crippen LogP contribution in [0.2, 0.25) is 10.0 Å². The molecule has 0 fully saturated rings. The number of thiazole rings is 1. The van der Waals surface area contributed by atoms with Gasteiger partial charge < -0.3 is 14.8 Å². The van der Waals surface area contributed by atoms with Crippen LogP contribution in [0.5, 0.6) is 11.5 Å². The van der Waals surface area contributed by atoms with Crippen LogP contribution in [-0.2, 0) is 4.79 Å². The first kappa shape index (κ1) is 23.0. The topological polar surface area (TPSA) is 72.5 Å². The lowest BCUT2D eigenvalue weighted by atomic mass is 10.1. The number of nitrogens with zero attached hydrogens (tertiary/aromatic N) is 1. The number of hydrogen-bond acceptors (Lipinski definition) is 6. The molecule has 0 aliphatic carbocycles. The normalized spacial score (nSPS) is 10.7. The van der Waals surface area contributed by atoms with Crippen molar-refractivity contribution in [2.45, 2.75) is 0 Å². The molecule has 3 aromatic rings. The molecule has 0 aliphatic heterocycles. The average molecular weight is 494 g/mol. The number of nitrogens with one attached hydrogen (secondary N) is 2. The number of thiocarbonyl (C=S) groups is 1. The van der Waals surface area contributed by atoms with Crippen LogP contribution in [0.1, 0.15) is 5.56 Å². The number of carbonyl (C=O) groups excluding carboxylic acids is 1. The molecule has 0 atom stereocenters. The van der Waals surface area contributed by atoms with Gasteiger partial charge in [-0.2, -0.15) is 0 Å². The predicted molar refractivity (Wildman–Crippen MR) is 131 cm³/mol. The van der Waals surface area contributed by atoms with Crippen LogP contribution in [0.3, 0.4) is 0 Å². The molecule has 160 valence electrons. The Morgan fingerprint density at radius 1 is 1.13 bits per heavy atom. The van der Waals surface area contributed by atoms with E-state index in [9.17, 15) is 4.79 Å². The van der Waals surface area contributed by atoms with Crippen molar-refractivity contribution < 1.29 is 14.3 Å². The molecule has 0 spiro atoms. The molecule has 0 saturated carbocycles. The molecule has 0 aliphatic rings. The molecule has 1 amide bonds. The first-order valence-electron chi connectivity index (χ1n) is 8.82. The fourth-order valence-corrected chi connectivity index (χ4v) is 4.00. The summed E-state index contributed by atoms with van der Waals surface area (Å²) in [7, 11) is 3.16. The third kappa shape index (κ3) is 6.18. The van der Waals surface area contributed by atoms with Crippen LogP contribution in [0.25, 0.3) is 17.3 Å². The Kier molecular flexibility index (Phi) is 7.86. The summed E-state index contributed by atoms with van der Waals surface area (Å²) in [5.74, 6) is 0.842. The minimum Gasteiger partial charge on any atom is -0.493 e. The maximum atomic E-state index is 12.1. The molecular weight excluding hydrogens is 477 g/mol. The molecule has 3 rings (SSSR count). The highest BCUT2D eigenvalue weighted by Crippen LogP contribution is 2.33. The Morgan fingerprint density at radius 2 is 1.90 bits per heavy atom. The molecule has 0 radical (unpaired) electrons. The van der Waals surface area contributed by atoms with Gasteiger partial charge in [-0.15, -0.1) is 11.3 Å². The van der Waals surface area contributed by atoms with E-state index < -0.39 is 5.91 Å². The molecule has 0 unspecified atom stereocenters. The summed E-state index contributed by atoms with van der Waals surface area (Å²) in [6.07, 6.45) is 2.91. The van der Waals surface area contributed by atoms with E-state index >= 15 is 0 Å². The quantitative estimate of drug-likeness (QED) is 0.340. The number of amides is 1. The van der Waals surface area contributed by atoms with Crippen molar-refractivity contribution in [3.63, 3.8) is 0 Å². The summed E-state index contributed by atoms with van der Waals surface area (Å²) in [5, 5.41) is 8.98. The maximum Gasteiger partial charge on any atom is 0.250 e. The number of rotatable bonds is 6. The molecular formula is C21H17Cl2N3O3S2. The molecule has 1 heterocycles. The van der Waals surface area contributed by atoms with Crippen LogP contribution >= 0.6 is 46.8 Å². The molecule has 6 nitrogen and oxygen atoms in total. The Morgan fingerprint density at radius 3 is 2.61 bits per heavy atom. The Hall–Kier alpha value is -2.65. The van der Waals surface area contributed by atoms with Gasteiger partial charge in [0.1, 0.15) is 0 Å². The van der Waals surface area contributed by atoms with E-state index in [2.05, 4.69) is 15.6 Å². The molecule has 0 bridgehead atoms. The van der Waals surface area contributed by atoms with Crippen LogP contribution in [0, 0.1) is 0 Å². The van der Waals surface area contributed by atoms with Crippen molar-refractivity contribution >= 4 is 69.0 Å². The minimum atomic E-state index is -0.403. The summed E-state index contributed by atoms with van der Waals surface area (Å²) in [6, 6.07) is 10.5. The van der Waals surface area contributed by atoms with Crippen molar-refractivity contribution in [1.82, 2.24) is 10.3 Å². The second-order valence-corrected chi connectivity index (χ2v) is 8.16. The molecule has 31 heavy (non-hydrogen) atoms. The zero-order chi connectivity index (χ0) is 22.4. The fraction of sp³-hybridized carbons (Fsp3) is 0.0952. The largest absolute Gasteiger partial charge is 0.493 e. The summed E-state index contributed by atoms with van der Waals surface area (Å²) >= 11 is 18.5. The lowest BCUT2D eigenvalue weighted by Crippen LogP contribution is -2.32. The molecule has 2 aromatic carbocycles. The van der Waals surface area contributed by atoms with E-state index in [1.54, 1.807) is 38.5 Å². The predicted octanol–water partition coefficient (Wildman–Crippen LogP) is 5.66.